The number of benzene rings is 1. The topological polar surface area (TPSA) is 49.4 Å². The van der Waals surface area contributed by atoms with E-state index < -0.39 is 15.8 Å². The summed E-state index contributed by atoms with van der Waals surface area (Å²) in [6, 6.07) is 5.47. The van der Waals surface area contributed by atoms with Crippen LogP contribution in [0.2, 0.25) is 0 Å². The largest absolute Gasteiger partial charge is 0.313 e. The smallest absolute Gasteiger partial charge is 0.243 e. The van der Waals surface area contributed by atoms with Crippen molar-refractivity contribution in [3.8, 4) is 0 Å². The van der Waals surface area contributed by atoms with Crippen LogP contribution < -0.4 is 5.32 Å². The van der Waals surface area contributed by atoms with Crippen LogP contribution in [0.1, 0.15) is 32.1 Å². The van der Waals surface area contributed by atoms with Crippen LogP contribution in [0.4, 0.5) is 4.39 Å². The molecule has 0 amide bonds. The molecule has 1 saturated heterocycles. The second-order valence-electron chi connectivity index (χ2n) is 5.91. The van der Waals surface area contributed by atoms with Gasteiger partial charge in [-0.05, 0) is 56.5 Å². The number of hydrogen-bond acceptors (Lipinski definition) is 3. The highest BCUT2D eigenvalue weighted by Crippen LogP contribution is 2.32. The van der Waals surface area contributed by atoms with E-state index in [0.717, 1.165) is 38.6 Å². The number of hydrogen-bond donors (Lipinski definition) is 1. The van der Waals surface area contributed by atoms with Crippen molar-refractivity contribution in [2.24, 2.45) is 0 Å². The van der Waals surface area contributed by atoms with Crippen LogP contribution in [0.5, 0.6) is 0 Å². The quantitative estimate of drug-likeness (QED) is 0.906. The first-order chi connectivity index (χ1) is 10.1. The minimum absolute atomic E-state index is 0.115. The van der Waals surface area contributed by atoms with Crippen molar-refractivity contribution < 1.29 is 12.8 Å². The van der Waals surface area contributed by atoms with Crippen LogP contribution in [0.15, 0.2) is 29.2 Å². The first-order valence-corrected chi connectivity index (χ1v) is 9.02. The standard InChI is InChI=1S/C15H21FN2O2S/c16-12-4-8-15(9-5-12)21(19,20)18(14-6-7-14)11-13-3-1-2-10-17-13/h4-5,8-9,13-14,17H,1-3,6-7,10-11H2. The number of halogens is 1. The molecule has 1 N–H and O–H groups in total. The van der Waals surface area contributed by atoms with Gasteiger partial charge in [0.25, 0.3) is 0 Å². The molecule has 0 bridgehead atoms. The van der Waals surface area contributed by atoms with E-state index in [1.807, 2.05) is 0 Å². The molecule has 1 aromatic rings. The van der Waals surface area contributed by atoms with Crippen LogP contribution in [0.3, 0.4) is 0 Å². The van der Waals surface area contributed by atoms with Gasteiger partial charge in [-0.3, -0.25) is 0 Å². The number of rotatable bonds is 5. The highest BCUT2D eigenvalue weighted by molar-refractivity contribution is 7.89. The number of nitrogens with zero attached hydrogens (tertiary/aromatic N) is 1. The molecule has 21 heavy (non-hydrogen) atoms. The molecule has 1 atom stereocenters. The maximum atomic E-state index is 13.0. The number of nitrogens with one attached hydrogen (secondary N) is 1. The maximum Gasteiger partial charge on any atom is 0.243 e. The highest BCUT2D eigenvalue weighted by atomic mass is 32.2. The van der Waals surface area contributed by atoms with Crippen molar-refractivity contribution in [1.82, 2.24) is 9.62 Å². The molecule has 6 heteroatoms. The predicted octanol–water partition coefficient (Wildman–Crippen LogP) is 2.12. The molecule has 1 saturated carbocycles. The van der Waals surface area contributed by atoms with Crippen molar-refractivity contribution in [3.05, 3.63) is 30.1 Å². The first kappa shape index (κ1) is 14.9. The normalized spacial score (nSPS) is 23.4. The number of piperidine rings is 1. The molecule has 1 aliphatic carbocycles. The van der Waals surface area contributed by atoms with Gasteiger partial charge in [0.2, 0.25) is 10.0 Å². The zero-order chi connectivity index (χ0) is 14.9. The molecule has 0 spiro atoms. The summed E-state index contributed by atoms with van der Waals surface area (Å²) in [6.07, 6.45) is 5.17. The Bertz CT molecular complexity index is 578. The fourth-order valence-corrected chi connectivity index (χ4v) is 4.58. The Hall–Kier alpha value is -0.980. The second-order valence-corrected chi connectivity index (χ2v) is 7.80. The van der Waals surface area contributed by atoms with Crippen LogP contribution in [-0.2, 0) is 10.0 Å². The molecular formula is C15H21FN2O2S. The van der Waals surface area contributed by atoms with E-state index in [2.05, 4.69) is 5.32 Å². The Balaban J connectivity index is 1.80. The van der Waals surface area contributed by atoms with Crippen LogP contribution >= 0.6 is 0 Å². The summed E-state index contributed by atoms with van der Waals surface area (Å²) in [5.41, 5.74) is 0. The van der Waals surface area contributed by atoms with Gasteiger partial charge >= 0.3 is 0 Å². The highest BCUT2D eigenvalue weighted by Gasteiger charge is 2.39. The monoisotopic (exact) mass is 312 g/mol. The molecule has 0 aromatic heterocycles. The zero-order valence-electron chi connectivity index (χ0n) is 12.0. The van der Waals surface area contributed by atoms with Crippen LogP contribution in [0, 0.1) is 5.82 Å². The Morgan fingerprint density at radius 2 is 1.86 bits per heavy atom. The van der Waals surface area contributed by atoms with Crippen molar-refractivity contribution in [3.63, 3.8) is 0 Å². The summed E-state index contributed by atoms with van der Waals surface area (Å²) in [6.45, 7) is 1.48. The molecule has 116 valence electrons. The lowest BCUT2D eigenvalue weighted by atomic mass is 10.1. The summed E-state index contributed by atoms with van der Waals surface area (Å²) in [5.74, 6) is -0.416. The van der Waals surface area contributed by atoms with E-state index in [1.54, 1.807) is 4.31 Å². The lowest BCUT2D eigenvalue weighted by Crippen LogP contribution is -2.46. The predicted molar refractivity (Wildman–Crippen MR) is 79.0 cm³/mol. The van der Waals surface area contributed by atoms with Crippen molar-refractivity contribution in [2.75, 3.05) is 13.1 Å². The summed E-state index contributed by atoms with van der Waals surface area (Å²) < 4.78 is 40.2. The molecule has 2 fully saturated rings. The summed E-state index contributed by atoms with van der Waals surface area (Å²) in [4.78, 5) is 0.187. The van der Waals surface area contributed by atoms with Crippen molar-refractivity contribution in [1.29, 1.82) is 0 Å². The van der Waals surface area contributed by atoms with E-state index >= 15 is 0 Å². The van der Waals surface area contributed by atoms with Crippen molar-refractivity contribution in [2.45, 2.75) is 49.1 Å². The minimum Gasteiger partial charge on any atom is -0.313 e. The van der Waals surface area contributed by atoms with E-state index in [-0.39, 0.29) is 17.0 Å². The average molecular weight is 312 g/mol. The second kappa shape index (κ2) is 6.02. The summed E-state index contributed by atoms with van der Waals surface area (Å²) in [7, 11) is -3.53. The molecule has 0 radical (unpaired) electrons. The Morgan fingerprint density at radius 3 is 2.43 bits per heavy atom. The van der Waals surface area contributed by atoms with Gasteiger partial charge in [0.05, 0.1) is 4.90 Å². The lowest BCUT2D eigenvalue weighted by molar-refractivity contribution is 0.307. The fourth-order valence-electron chi connectivity index (χ4n) is 2.84. The SMILES string of the molecule is O=S(=O)(c1ccc(F)cc1)N(CC1CCCCN1)C1CC1. The van der Waals surface area contributed by atoms with Gasteiger partial charge in [-0.2, -0.15) is 4.31 Å². The molecule has 1 aromatic carbocycles. The molecule has 3 rings (SSSR count). The van der Waals surface area contributed by atoms with Gasteiger partial charge in [0.15, 0.2) is 0 Å². The van der Waals surface area contributed by atoms with E-state index in [0.29, 0.717) is 6.54 Å². The lowest BCUT2D eigenvalue weighted by Gasteiger charge is -2.30. The van der Waals surface area contributed by atoms with Crippen molar-refractivity contribution >= 4 is 10.0 Å². The molecule has 1 heterocycles. The van der Waals surface area contributed by atoms with Gasteiger partial charge in [0, 0.05) is 18.6 Å². The summed E-state index contributed by atoms with van der Waals surface area (Å²) >= 11 is 0. The molecule has 1 aliphatic heterocycles. The Morgan fingerprint density at radius 1 is 1.14 bits per heavy atom. The summed E-state index contributed by atoms with van der Waals surface area (Å²) in [5, 5.41) is 3.40. The molecule has 1 unspecified atom stereocenters. The van der Waals surface area contributed by atoms with Crippen LogP contribution in [0.25, 0.3) is 0 Å². The van der Waals surface area contributed by atoms with Gasteiger partial charge in [-0.15, -0.1) is 0 Å². The van der Waals surface area contributed by atoms with Gasteiger partial charge in [-0.1, -0.05) is 6.42 Å². The third kappa shape index (κ3) is 3.44. The third-order valence-electron chi connectivity index (χ3n) is 4.19. The Kier molecular flexibility index (Phi) is 4.28. The fraction of sp³-hybridized carbons (Fsp3) is 0.600. The average Bonchev–Trinajstić information content (AvgIpc) is 3.31. The molecule has 4 nitrogen and oxygen atoms in total. The third-order valence-corrected chi connectivity index (χ3v) is 6.12. The van der Waals surface area contributed by atoms with Gasteiger partial charge in [0.1, 0.15) is 5.82 Å². The molecule has 2 aliphatic rings. The van der Waals surface area contributed by atoms with E-state index in [1.165, 1.54) is 24.3 Å². The number of sulfonamides is 1. The first-order valence-electron chi connectivity index (χ1n) is 7.58. The minimum atomic E-state index is -3.53. The Labute approximate surface area is 125 Å². The maximum absolute atomic E-state index is 13.0. The molecular weight excluding hydrogens is 291 g/mol. The van der Waals surface area contributed by atoms with Gasteiger partial charge in [-0.25, -0.2) is 12.8 Å². The van der Waals surface area contributed by atoms with Crippen LogP contribution in [-0.4, -0.2) is 37.9 Å². The van der Waals surface area contributed by atoms with Gasteiger partial charge < -0.3 is 5.32 Å². The van der Waals surface area contributed by atoms with E-state index in [4.69, 9.17) is 0 Å². The zero-order valence-corrected chi connectivity index (χ0v) is 12.8. The van der Waals surface area contributed by atoms with E-state index in [9.17, 15) is 12.8 Å².